The van der Waals surface area contributed by atoms with Gasteiger partial charge in [0.25, 0.3) is 0 Å². The van der Waals surface area contributed by atoms with Gasteiger partial charge in [-0.15, -0.1) is 0 Å². The van der Waals surface area contributed by atoms with E-state index in [-0.39, 0.29) is 0 Å². The van der Waals surface area contributed by atoms with E-state index in [1.165, 1.54) is 7.11 Å². The second-order valence-electron chi connectivity index (χ2n) is 3.44. The summed E-state index contributed by atoms with van der Waals surface area (Å²) in [5, 5.41) is 9.10. The number of carbonyl (C=O) groups excluding carboxylic acids is 1. The highest BCUT2D eigenvalue weighted by Crippen LogP contribution is 2.19. The van der Waals surface area contributed by atoms with Crippen molar-refractivity contribution >= 4 is 17.7 Å². The number of methoxy groups -OCH3 is 1. The molecule has 1 unspecified atom stereocenters. The fraction of sp³-hybridized carbons (Fsp3) is 0.333. The van der Waals surface area contributed by atoms with Gasteiger partial charge in [0.05, 0.1) is 7.11 Å². The number of rotatable bonds is 4. The van der Waals surface area contributed by atoms with Gasteiger partial charge >= 0.3 is 12.1 Å². The Labute approximate surface area is 99.6 Å². The Morgan fingerprint density at radius 3 is 2.35 bits per heavy atom. The molecule has 0 spiro atoms. The van der Waals surface area contributed by atoms with E-state index in [1.54, 1.807) is 37.3 Å². The summed E-state index contributed by atoms with van der Waals surface area (Å²) in [6.07, 6.45) is -0.371. The molecule has 1 rings (SSSR count). The Kier molecular flexibility index (Phi) is 4.51. The lowest BCUT2D eigenvalue weighted by Gasteiger charge is -2.26. The zero-order valence-corrected chi connectivity index (χ0v) is 9.79. The van der Waals surface area contributed by atoms with Gasteiger partial charge < -0.3 is 9.84 Å². The van der Waals surface area contributed by atoms with Gasteiger partial charge in [0.1, 0.15) is 6.04 Å². The van der Waals surface area contributed by atoms with Gasteiger partial charge in [-0.1, -0.05) is 25.1 Å². The maximum Gasteiger partial charge on any atom is 0.414 e. The second-order valence-corrected chi connectivity index (χ2v) is 3.44. The molecule has 1 atom stereocenters. The molecule has 1 aromatic rings. The summed E-state index contributed by atoms with van der Waals surface area (Å²) < 4.78 is 4.62. The number of benzene rings is 1. The fourth-order valence-electron chi connectivity index (χ4n) is 1.57. The van der Waals surface area contributed by atoms with Crippen molar-refractivity contribution in [2.45, 2.75) is 19.4 Å². The molecular formula is C12H15NO4. The molecule has 1 N–H and O–H groups in total. The van der Waals surface area contributed by atoms with E-state index in [0.717, 1.165) is 4.90 Å². The highest BCUT2D eigenvalue weighted by atomic mass is 16.5. The number of nitrogens with zero attached hydrogens (tertiary/aromatic N) is 1. The highest BCUT2D eigenvalue weighted by molar-refractivity contribution is 5.95. The van der Waals surface area contributed by atoms with Gasteiger partial charge in [-0.3, -0.25) is 4.90 Å². The molecule has 0 fully saturated rings. The normalized spacial score (nSPS) is 11.6. The molecule has 0 heterocycles. The number of ether oxygens (including phenoxy) is 1. The van der Waals surface area contributed by atoms with Crippen molar-refractivity contribution in [2.24, 2.45) is 0 Å². The van der Waals surface area contributed by atoms with Crippen LogP contribution in [0.3, 0.4) is 0 Å². The maximum atomic E-state index is 11.7. The molecule has 1 aromatic carbocycles. The number of carboxylic acids is 1. The van der Waals surface area contributed by atoms with Gasteiger partial charge in [-0.2, -0.15) is 0 Å². The van der Waals surface area contributed by atoms with Gasteiger partial charge in [0, 0.05) is 5.69 Å². The number of carboxylic acid groups (broad SMARTS) is 1. The van der Waals surface area contributed by atoms with Crippen LogP contribution in [0.25, 0.3) is 0 Å². The number of carbonyl (C=O) groups is 2. The lowest BCUT2D eigenvalue weighted by atomic mass is 10.1. The van der Waals surface area contributed by atoms with E-state index < -0.39 is 18.1 Å². The van der Waals surface area contributed by atoms with Crippen LogP contribution in [0.15, 0.2) is 30.3 Å². The van der Waals surface area contributed by atoms with Gasteiger partial charge in [-0.25, -0.2) is 9.59 Å². The summed E-state index contributed by atoms with van der Waals surface area (Å²) in [4.78, 5) is 23.9. The Bertz CT molecular complexity index is 391. The van der Waals surface area contributed by atoms with Crippen molar-refractivity contribution in [3.05, 3.63) is 30.3 Å². The molecule has 0 saturated carbocycles. The number of amides is 1. The summed E-state index contributed by atoms with van der Waals surface area (Å²) in [6.45, 7) is 1.71. The first-order valence-electron chi connectivity index (χ1n) is 5.26. The van der Waals surface area contributed by atoms with Crippen molar-refractivity contribution in [1.29, 1.82) is 0 Å². The first kappa shape index (κ1) is 13.0. The molecule has 92 valence electrons. The summed E-state index contributed by atoms with van der Waals surface area (Å²) in [5.41, 5.74) is 0.508. The zero-order chi connectivity index (χ0) is 12.8. The van der Waals surface area contributed by atoms with Crippen LogP contribution in [-0.2, 0) is 9.53 Å². The number of anilines is 1. The molecule has 0 aliphatic rings. The molecule has 1 amide bonds. The minimum Gasteiger partial charge on any atom is -0.480 e. The third-order valence-corrected chi connectivity index (χ3v) is 2.39. The molecule has 0 aliphatic heterocycles. The molecule has 0 saturated heterocycles. The third kappa shape index (κ3) is 2.96. The van der Waals surface area contributed by atoms with E-state index in [1.807, 2.05) is 0 Å². The Morgan fingerprint density at radius 1 is 1.35 bits per heavy atom. The molecular weight excluding hydrogens is 222 g/mol. The number of para-hydroxylation sites is 1. The predicted molar refractivity (Wildman–Crippen MR) is 63.0 cm³/mol. The van der Waals surface area contributed by atoms with Gasteiger partial charge in [0.15, 0.2) is 0 Å². The van der Waals surface area contributed by atoms with Crippen LogP contribution >= 0.6 is 0 Å². The third-order valence-electron chi connectivity index (χ3n) is 2.39. The van der Waals surface area contributed by atoms with E-state index in [2.05, 4.69) is 4.74 Å². The molecule has 0 bridgehead atoms. The van der Waals surface area contributed by atoms with E-state index in [0.29, 0.717) is 12.1 Å². The number of aliphatic carboxylic acids is 1. The minimum atomic E-state index is -1.05. The second kappa shape index (κ2) is 5.89. The molecule has 5 heteroatoms. The van der Waals surface area contributed by atoms with Crippen LogP contribution in [0.1, 0.15) is 13.3 Å². The van der Waals surface area contributed by atoms with Crippen molar-refractivity contribution in [3.63, 3.8) is 0 Å². The Balaban J connectivity index is 3.12. The summed E-state index contributed by atoms with van der Waals surface area (Å²) in [5.74, 6) is -1.05. The fourth-order valence-corrected chi connectivity index (χ4v) is 1.57. The first-order chi connectivity index (χ1) is 8.11. The van der Waals surface area contributed by atoms with Crippen LogP contribution in [0, 0.1) is 0 Å². The standard InChI is InChI=1S/C12H15NO4/c1-3-10(11(14)15)13(12(16)17-2)9-7-5-4-6-8-9/h4-8,10H,3H2,1-2H3,(H,14,15). The van der Waals surface area contributed by atoms with E-state index >= 15 is 0 Å². The van der Waals surface area contributed by atoms with Crippen LogP contribution in [0.5, 0.6) is 0 Å². The lowest BCUT2D eigenvalue weighted by Crippen LogP contribution is -2.45. The van der Waals surface area contributed by atoms with Crippen molar-refractivity contribution in [3.8, 4) is 0 Å². The Morgan fingerprint density at radius 2 is 1.94 bits per heavy atom. The SMILES string of the molecule is CCC(C(=O)O)N(C(=O)OC)c1ccccc1. The maximum absolute atomic E-state index is 11.7. The summed E-state index contributed by atoms with van der Waals surface area (Å²) in [7, 11) is 1.23. The van der Waals surface area contributed by atoms with Gasteiger partial charge in [-0.05, 0) is 18.6 Å². The zero-order valence-electron chi connectivity index (χ0n) is 9.79. The average Bonchev–Trinajstić information content (AvgIpc) is 2.35. The topological polar surface area (TPSA) is 66.8 Å². The average molecular weight is 237 g/mol. The molecule has 17 heavy (non-hydrogen) atoms. The molecule has 0 radical (unpaired) electrons. The van der Waals surface area contributed by atoms with Crippen LogP contribution in [0.2, 0.25) is 0 Å². The monoisotopic (exact) mass is 237 g/mol. The highest BCUT2D eigenvalue weighted by Gasteiger charge is 2.30. The van der Waals surface area contributed by atoms with Crippen LogP contribution in [0.4, 0.5) is 10.5 Å². The van der Waals surface area contributed by atoms with Crippen molar-refractivity contribution in [2.75, 3.05) is 12.0 Å². The van der Waals surface area contributed by atoms with Crippen molar-refractivity contribution in [1.82, 2.24) is 0 Å². The summed E-state index contributed by atoms with van der Waals surface area (Å²) in [6, 6.07) is 7.68. The predicted octanol–water partition coefficient (Wildman–Crippen LogP) is 2.12. The molecule has 0 aliphatic carbocycles. The largest absolute Gasteiger partial charge is 0.480 e. The minimum absolute atomic E-state index is 0.305. The lowest BCUT2D eigenvalue weighted by molar-refractivity contribution is -0.138. The number of hydrogen-bond donors (Lipinski definition) is 1. The first-order valence-corrected chi connectivity index (χ1v) is 5.26. The number of hydrogen-bond acceptors (Lipinski definition) is 3. The quantitative estimate of drug-likeness (QED) is 0.871. The van der Waals surface area contributed by atoms with Crippen LogP contribution < -0.4 is 4.90 Å². The smallest absolute Gasteiger partial charge is 0.414 e. The Hall–Kier alpha value is -2.04. The molecule has 5 nitrogen and oxygen atoms in total. The van der Waals surface area contributed by atoms with E-state index in [4.69, 9.17) is 5.11 Å². The summed E-state index contributed by atoms with van der Waals surface area (Å²) >= 11 is 0. The van der Waals surface area contributed by atoms with Gasteiger partial charge in [0.2, 0.25) is 0 Å². The van der Waals surface area contributed by atoms with Crippen molar-refractivity contribution < 1.29 is 19.4 Å². The molecule has 0 aromatic heterocycles. The van der Waals surface area contributed by atoms with Crippen LogP contribution in [-0.4, -0.2) is 30.3 Å². The van der Waals surface area contributed by atoms with E-state index in [9.17, 15) is 9.59 Å².